The Hall–Kier alpha value is -3.27. The van der Waals surface area contributed by atoms with E-state index in [1.54, 1.807) is 0 Å². The van der Waals surface area contributed by atoms with E-state index in [1.165, 1.54) is 29.2 Å². The zero-order valence-electron chi connectivity index (χ0n) is 16.4. The molecule has 2 aromatic rings. The number of nitro benzene ring substituents is 1. The van der Waals surface area contributed by atoms with E-state index in [0.29, 0.717) is 31.9 Å². The second-order valence-electron chi connectivity index (χ2n) is 6.55. The number of carbonyl (C=O) groups is 1. The van der Waals surface area contributed by atoms with Crippen molar-refractivity contribution in [3.05, 3.63) is 68.2 Å². The van der Waals surface area contributed by atoms with E-state index in [0.717, 1.165) is 24.3 Å². The third-order valence-corrected chi connectivity index (χ3v) is 6.32. The molecule has 0 aliphatic carbocycles. The van der Waals surface area contributed by atoms with Crippen molar-refractivity contribution in [2.45, 2.75) is 4.90 Å². The summed E-state index contributed by atoms with van der Waals surface area (Å²) in [5, 5.41) is 20.1. The molecule has 0 atom stereocenters. The van der Waals surface area contributed by atoms with Gasteiger partial charge in [0, 0.05) is 25.2 Å². The average molecular weight is 522 g/mol. The van der Waals surface area contributed by atoms with Crippen LogP contribution >= 0.6 is 15.9 Å². The third kappa shape index (κ3) is 5.50. The van der Waals surface area contributed by atoms with Crippen LogP contribution < -0.4 is 4.18 Å². The van der Waals surface area contributed by atoms with Crippen LogP contribution in [0.15, 0.2) is 57.4 Å². The number of nitrogens with zero attached hydrogens (tertiary/aromatic N) is 3. The molecule has 0 spiro atoms. The van der Waals surface area contributed by atoms with Gasteiger partial charge in [0.05, 0.1) is 22.6 Å². The zero-order valence-corrected chi connectivity index (χ0v) is 18.8. The van der Waals surface area contributed by atoms with Crippen molar-refractivity contribution in [2.24, 2.45) is 0 Å². The van der Waals surface area contributed by atoms with Crippen LogP contribution in [-0.4, -0.2) is 50.5 Å². The van der Waals surface area contributed by atoms with E-state index in [9.17, 15) is 28.6 Å². The molecule has 1 aliphatic rings. The normalized spacial score (nSPS) is 14.5. The quantitative estimate of drug-likeness (QED) is 0.186. The first-order valence-corrected chi connectivity index (χ1v) is 11.4. The highest BCUT2D eigenvalue weighted by Crippen LogP contribution is 2.30. The molecule has 2 aromatic carbocycles. The van der Waals surface area contributed by atoms with Gasteiger partial charge in [-0.25, -0.2) is 0 Å². The summed E-state index contributed by atoms with van der Waals surface area (Å²) in [6, 6.07) is 10.5. The molecule has 1 heterocycles. The predicted molar refractivity (Wildman–Crippen MR) is 116 cm³/mol. The molecule has 0 N–H and O–H groups in total. The maximum atomic E-state index is 12.5. The molecule has 32 heavy (non-hydrogen) atoms. The van der Waals surface area contributed by atoms with Gasteiger partial charge in [-0.2, -0.15) is 13.7 Å². The van der Waals surface area contributed by atoms with Gasteiger partial charge in [0.25, 0.3) is 11.6 Å². The zero-order chi connectivity index (χ0) is 23.3. The summed E-state index contributed by atoms with van der Waals surface area (Å²) < 4.78 is 35.6. The Bertz CT molecular complexity index is 1210. The fourth-order valence-corrected chi connectivity index (χ4v) is 4.35. The monoisotopic (exact) mass is 521 g/mol. The maximum Gasteiger partial charge on any atom is 0.339 e. The molecule has 0 unspecified atom stereocenters. The van der Waals surface area contributed by atoms with Crippen molar-refractivity contribution in [3.63, 3.8) is 0 Å². The number of hydrogen-bond donors (Lipinski definition) is 0. The number of amides is 1. The van der Waals surface area contributed by atoms with E-state index in [4.69, 9.17) is 8.92 Å². The molecule has 0 bridgehead atoms. The average Bonchev–Trinajstić information content (AvgIpc) is 2.79. The number of nitriles is 1. The van der Waals surface area contributed by atoms with E-state index in [2.05, 4.69) is 15.9 Å². The van der Waals surface area contributed by atoms with Gasteiger partial charge in [0.2, 0.25) is 0 Å². The summed E-state index contributed by atoms with van der Waals surface area (Å²) in [5.74, 6) is -0.438. The lowest BCUT2D eigenvalue weighted by Crippen LogP contribution is -2.41. The fraction of sp³-hybridized carbons (Fsp3) is 0.200. The summed E-state index contributed by atoms with van der Waals surface area (Å²) in [7, 11) is -4.24. The first-order valence-electron chi connectivity index (χ1n) is 9.18. The minimum Gasteiger partial charge on any atom is -0.378 e. The number of benzene rings is 2. The Balaban J connectivity index is 1.79. The molecule has 3 rings (SSSR count). The molecule has 1 aliphatic heterocycles. The maximum absolute atomic E-state index is 12.5. The Kier molecular flexibility index (Phi) is 7.24. The summed E-state index contributed by atoms with van der Waals surface area (Å²) >= 11 is 3.23. The first-order chi connectivity index (χ1) is 15.2. The molecular formula is C20H16BrN3O7S. The molecule has 1 amide bonds. The minimum atomic E-state index is -4.24. The van der Waals surface area contributed by atoms with Gasteiger partial charge >= 0.3 is 10.1 Å². The largest absolute Gasteiger partial charge is 0.378 e. The molecule has 0 aromatic heterocycles. The van der Waals surface area contributed by atoms with Crippen LogP contribution in [0.25, 0.3) is 6.08 Å². The van der Waals surface area contributed by atoms with Crippen LogP contribution in [0.4, 0.5) is 5.69 Å². The Morgan fingerprint density at radius 3 is 2.44 bits per heavy atom. The molecule has 0 saturated carbocycles. The molecular weight excluding hydrogens is 506 g/mol. The van der Waals surface area contributed by atoms with Gasteiger partial charge in [-0.3, -0.25) is 14.9 Å². The van der Waals surface area contributed by atoms with Crippen molar-refractivity contribution in [1.82, 2.24) is 4.90 Å². The number of morpholine rings is 1. The van der Waals surface area contributed by atoms with Gasteiger partial charge in [-0.05, 0) is 51.8 Å². The van der Waals surface area contributed by atoms with Gasteiger partial charge < -0.3 is 13.8 Å². The van der Waals surface area contributed by atoms with Crippen LogP contribution in [0.2, 0.25) is 0 Å². The van der Waals surface area contributed by atoms with Gasteiger partial charge in [0.1, 0.15) is 16.5 Å². The van der Waals surface area contributed by atoms with E-state index in [-0.39, 0.29) is 26.4 Å². The van der Waals surface area contributed by atoms with E-state index in [1.807, 2.05) is 6.07 Å². The molecule has 0 radical (unpaired) electrons. The van der Waals surface area contributed by atoms with Crippen molar-refractivity contribution in [2.75, 3.05) is 26.3 Å². The Labute approximate surface area is 192 Å². The van der Waals surface area contributed by atoms with Crippen LogP contribution in [0.5, 0.6) is 5.75 Å². The van der Waals surface area contributed by atoms with Crippen molar-refractivity contribution >= 4 is 43.7 Å². The highest BCUT2D eigenvalue weighted by atomic mass is 79.9. The SMILES string of the molecule is N#C/C(=C\c1ccc(OS(=O)(=O)c2ccc([N+](=O)[O-])cc2)c(Br)c1)C(=O)N1CCOCC1. The van der Waals surface area contributed by atoms with Gasteiger partial charge in [0.15, 0.2) is 5.75 Å². The minimum absolute atomic E-state index is 0.0292. The van der Waals surface area contributed by atoms with Crippen molar-refractivity contribution < 1.29 is 27.1 Å². The standard InChI is InChI=1S/C20H16BrN3O7S/c21-18-12-14(11-15(13-22)20(25)23-7-9-30-10-8-23)1-6-19(18)31-32(28,29)17-4-2-16(3-5-17)24(26)27/h1-6,11-12H,7-10H2/b15-11+. The highest BCUT2D eigenvalue weighted by molar-refractivity contribution is 9.10. The highest BCUT2D eigenvalue weighted by Gasteiger charge is 2.22. The second kappa shape index (κ2) is 9.90. The van der Waals surface area contributed by atoms with Crippen LogP contribution in [0.1, 0.15) is 5.56 Å². The topological polar surface area (TPSA) is 140 Å². The van der Waals surface area contributed by atoms with Crippen LogP contribution in [0, 0.1) is 21.4 Å². The second-order valence-corrected chi connectivity index (χ2v) is 8.95. The number of ether oxygens (including phenoxy) is 1. The predicted octanol–water partition coefficient (Wildman–Crippen LogP) is 2.89. The van der Waals surface area contributed by atoms with Gasteiger partial charge in [-0.1, -0.05) is 6.07 Å². The smallest absolute Gasteiger partial charge is 0.339 e. The number of rotatable bonds is 6. The summed E-state index contributed by atoms with van der Waals surface area (Å²) in [6.07, 6.45) is 1.40. The molecule has 1 saturated heterocycles. The summed E-state index contributed by atoms with van der Waals surface area (Å²) in [6.45, 7) is 1.61. The number of halogens is 1. The number of carbonyl (C=O) groups excluding carboxylic acids is 1. The van der Waals surface area contributed by atoms with Crippen LogP contribution in [0.3, 0.4) is 0 Å². The lowest BCUT2D eigenvalue weighted by Gasteiger charge is -2.26. The lowest BCUT2D eigenvalue weighted by atomic mass is 10.1. The van der Waals surface area contributed by atoms with E-state index >= 15 is 0 Å². The molecule has 12 heteroatoms. The van der Waals surface area contributed by atoms with Gasteiger partial charge in [-0.15, -0.1) is 0 Å². The Morgan fingerprint density at radius 1 is 1.22 bits per heavy atom. The van der Waals surface area contributed by atoms with Crippen LogP contribution in [-0.2, 0) is 19.6 Å². The third-order valence-electron chi connectivity index (χ3n) is 4.45. The number of non-ortho nitro benzene ring substituents is 1. The summed E-state index contributed by atoms with van der Waals surface area (Å²) in [4.78, 5) is 23.9. The molecule has 1 fully saturated rings. The van der Waals surface area contributed by atoms with Crippen molar-refractivity contribution in [1.29, 1.82) is 5.26 Å². The fourth-order valence-electron chi connectivity index (χ4n) is 2.82. The number of nitro groups is 1. The van der Waals surface area contributed by atoms with Crippen molar-refractivity contribution in [3.8, 4) is 11.8 Å². The molecule has 10 nitrogen and oxygen atoms in total. The first kappa shape index (κ1) is 23.4. The molecule has 166 valence electrons. The van der Waals surface area contributed by atoms with E-state index < -0.39 is 20.9 Å². The summed E-state index contributed by atoms with van der Waals surface area (Å²) in [5.41, 5.74) is 0.169. The lowest BCUT2D eigenvalue weighted by molar-refractivity contribution is -0.384. The Morgan fingerprint density at radius 2 is 1.88 bits per heavy atom. The number of hydrogen-bond acceptors (Lipinski definition) is 8.